The molecule has 0 amide bonds. The molecular weight excluding hydrogens is 298 g/mol. The standard InChI is InChI=1S/C17H15NO5/c1-7-4-9-12(11(20)5-10(18)14(9)21)13-15(7)23-17(3,16(13)22)6-8(2)19/h4-5H,6,18H2,1-3H3/t17-/m0/s1. The lowest BCUT2D eigenvalue weighted by Gasteiger charge is -2.20. The number of allylic oxidation sites excluding steroid dienone is 2. The maximum absolute atomic E-state index is 12.8. The molecule has 0 radical (unpaired) electrons. The quantitative estimate of drug-likeness (QED) is 0.888. The first-order valence-electron chi connectivity index (χ1n) is 7.13. The van der Waals surface area contributed by atoms with E-state index in [9.17, 15) is 19.2 Å². The number of fused-ring (bicyclic) bond motifs is 3. The molecule has 1 aromatic carbocycles. The first-order valence-corrected chi connectivity index (χ1v) is 7.13. The predicted octanol–water partition coefficient (Wildman–Crippen LogP) is 1.53. The lowest BCUT2D eigenvalue weighted by Crippen LogP contribution is -2.38. The molecule has 3 rings (SSSR count). The van der Waals surface area contributed by atoms with Crippen LogP contribution in [0.25, 0.3) is 0 Å². The molecule has 0 aromatic heterocycles. The molecule has 1 heterocycles. The summed E-state index contributed by atoms with van der Waals surface area (Å²) in [5.74, 6) is -1.40. The van der Waals surface area contributed by atoms with E-state index in [1.54, 1.807) is 6.92 Å². The van der Waals surface area contributed by atoms with E-state index in [-0.39, 0.29) is 40.3 Å². The monoisotopic (exact) mass is 313 g/mol. The van der Waals surface area contributed by atoms with Crippen molar-refractivity contribution in [3.05, 3.63) is 40.1 Å². The zero-order chi connectivity index (χ0) is 17.1. The van der Waals surface area contributed by atoms with E-state index in [2.05, 4.69) is 0 Å². The van der Waals surface area contributed by atoms with Crippen LogP contribution in [-0.4, -0.2) is 28.7 Å². The smallest absolute Gasteiger partial charge is 0.211 e. The van der Waals surface area contributed by atoms with Gasteiger partial charge in [-0.1, -0.05) is 0 Å². The molecule has 0 unspecified atom stereocenters. The molecule has 1 aromatic rings. The second kappa shape index (κ2) is 4.62. The molecule has 0 bridgehead atoms. The highest BCUT2D eigenvalue weighted by Gasteiger charge is 2.48. The van der Waals surface area contributed by atoms with Crippen molar-refractivity contribution in [3.63, 3.8) is 0 Å². The Morgan fingerprint density at radius 2 is 1.91 bits per heavy atom. The molecule has 2 aliphatic rings. The van der Waals surface area contributed by atoms with Gasteiger partial charge in [-0.3, -0.25) is 19.2 Å². The molecule has 0 fully saturated rings. The highest BCUT2D eigenvalue weighted by Crippen LogP contribution is 2.43. The van der Waals surface area contributed by atoms with Gasteiger partial charge in [0, 0.05) is 17.2 Å². The van der Waals surface area contributed by atoms with Crippen LogP contribution in [0.2, 0.25) is 0 Å². The average molecular weight is 313 g/mol. The van der Waals surface area contributed by atoms with Crippen molar-refractivity contribution in [2.75, 3.05) is 0 Å². The molecule has 6 heteroatoms. The van der Waals surface area contributed by atoms with Crippen molar-refractivity contribution in [2.45, 2.75) is 32.8 Å². The average Bonchev–Trinajstić information content (AvgIpc) is 2.69. The molecule has 23 heavy (non-hydrogen) atoms. The number of hydrogen-bond acceptors (Lipinski definition) is 6. The minimum Gasteiger partial charge on any atom is -0.478 e. The molecule has 0 saturated carbocycles. The second-order valence-corrected chi connectivity index (χ2v) is 6.15. The summed E-state index contributed by atoms with van der Waals surface area (Å²) >= 11 is 0. The highest BCUT2D eigenvalue weighted by molar-refractivity contribution is 6.29. The van der Waals surface area contributed by atoms with Gasteiger partial charge in [-0.2, -0.15) is 0 Å². The van der Waals surface area contributed by atoms with Gasteiger partial charge < -0.3 is 10.5 Å². The van der Waals surface area contributed by atoms with Crippen LogP contribution in [0.1, 0.15) is 56.9 Å². The number of rotatable bonds is 2. The molecule has 0 spiro atoms. The van der Waals surface area contributed by atoms with Gasteiger partial charge in [-0.25, -0.2) is 0 Å². The van der Waals surface area contributed by atoms with Crippen LogP contribution < -0.4 is 10.5 Å². The number of Topliss-reactive ketones (excluding diaryl/α,β-unsaturated/α-hetero) is 3. The van der Waals surface area contributed by atoms with E-state index in [4.69, 9.17) is 10.5 Å². The summed E-state index contributed by atoms with van der Waals surface area (Å²) in [7, 11) is 0. The normalized spacial score (nSPS) is 22.4. The third-order valence-corrected chi connectivity index (χ3v) is 4.13. The number of hydrogen-bond donors (Lipinski definition) is 1. The van der Waals surface area contributed by atoms with E-state index >= 15 is 0 Å². The van der Waals surface area contributed by atoms with Crippen LogP contribution in [-0.2, 0) is 4.79 Å². The second-order valence-electron chi connectivity index (χ2n) is 6.15. The Morgan fingerprint density at radius 1 is 1.26 bits per heavy atom. The fourth-order valence-electron chi connectivity index (χ4n) is 3.14. The Labute approximate surface area is 132 Å². The van der Waals surface area contributed by atoms with Crippen LogP contribution in [0.5, 0.6) is 5.75 Å². The number of carbonyl (C=O) groups excluding carboxylic acids is 4. The molecule has 0 saturated heterocycles. The first kappa shape index (κ1) is 15.1. The fourth-order valence-corrected chi connectivity index (χ4v) is 3.14. The Hall–Kier alpha value is -2.76. The minimum absolute atomic E-state index is 0.0158. The van der Waals surface area contributed by atoms with Gasteiger partial charge in [0.2, 0.25) is 11.6 Å². The number of ether oxygens (including phenoxy) is 1. The summed E-state index contributed by atoms with van der Waals surface area (Å²) in [6.07, 6.45) is 0.920. The van der Waals surface area contributed by atoms with Gasteiger partial charge in [-0.15, -0.1) is 0 Å². The maximum Gasteiger partial charge on any atom is 0.211 e. The first-order chi connectivity index (χ1) is 10.7. The van der Waals surface area contributed by atoms with E-state index < -0.39 is 23.0 Å². The summed E-state index contributed by atoms with van der Waals surface area (Å²) in [6, 6.07) is 1.50. The summed E-state index contributed by atoms with van der Waals surface area (Å²) in [6.45, 7) is 4.56. The third-order valence-electron chi connectivity index (χ3n) is 4.13. The zero-order valence-corrected chi connectivity index (χ0v) is 13.0. The van der Waals surface area contributed by atoms with Crippen molar-refractivity contribution in [3.8, 4) is 5.75 Å². The fraction of sp³-hybridized carbons (Fsp3) is 0.294. The topological polar surface area (TPSA) is 104 Å². The summed E-state index contributed by atoms with van der Waals surface area (Å²) < 4.78 is 5.74. The van der Waals surface area contributed by atoms with E-state index in [1.807, 2.05) is 0 Å². The molecule has 1 aliphatic carbocycles. The molecule has 1 aliphatic heterocycles. The van der Waals surface area contributed by atoms with Crippen molar-refractivity contribution in [2.24, 2.45) is 5.73 Å². The van der Waals surface area contributed by atoms with Crippen molar-refractivity contribution < 1.29 is 23.9 Å². The number of ketones is 4. The van der Waals surface area contributed by atoms with Gasteiger partial charge in [0.25, 0.3) is 0 Å². The molecule has 6 nitrogen and oxygen atoms in total. The maximum atomic E-state index is 12.8. The predicted molar refractivity (Wildman–Crippen MR) is 80.8 cm³/mol. The van der Waals surface area contributed by atoms with E-state index in [1.165, 1.54) is 19.9 Å². The van der Waals surface area contributed by atoms with E-state index in [0.29, 0.717) is 5.56 Å². The molecule has 118 valence electrons. The molecule has 2 N–H and O–H groups in total. The molecule has 1 atom stereocenters. The summed E-state index contributed by atoms with van der Waals surface area (Å²) in [5, 5.41) is 0. The Bertz CT molecular complexity index is 849. The SMILES string of the molecule is CC(=O)C[C@]1(C)Oc2c(C)cc3c(c2C1=O)C(=O)C=C(N)C3=O. The van der Waals surface area contributed by atoms with Gasteiger partial charge in [-0.05, 0) is 32.4 Å². The lowest BCUT2D eigenvalue weighted by molar-refractivity contribution is -0.119. The number of aryl methyl sites for hydroxylation is 1. The van der Waals surface area contributed by atoms with Crippen LogP contribution in [0.3, 0.4) is 0 Å². The summed E-state index contributed by atoms with van der Waals surface area (Å²) in [5.41, 5.74) is 4.80. The van der Waals surface area contributed by atoms with Gasteiger partial charge in [0.1, 0.15) is 11.5 Å². The summed E-state index contributed by atoms with van der Waals surface area (Å²) in [4.78, 5) is 48.8. The Kier molecular flexibility index (Phi) is 3.04. The van der Waals surface area contributed by atoms with Gasteiger partial charge in [0.15, 0.2) is 11.4 Å². The van der Waals surface area contributed by atoms with Crippen molar-refractivity contribution in [1.29, 1.82) is 0 Å². The van der Waals surface area contributed by atoms with Crippen molar-refractivity contribution >= 4 is 23.1 Å². The van der Waals surface area contributed by atoms with E-state index in [0.717, 1.165) is 6.08 Å². The number of carbonyl (C=O) groups is 4. The zero-order valence-electron chi connectivity index (χ0n) is 13.0. The third kappa shape index (κ3) is 2.02. The lowest BCUT2D eigenvalue weighted by atomic mass is 9.83. The largest absolute Gasteiger partial charge is 0.478 e. The number of nitrogens with two attached hydrogens (primary N) is 1. The highest BCUT2D eigenvalue weighted by atomic mass is 16.5. The van der Waals surface area contributed by atoms with Gasteiger partial charge >= 0.3 is 0 Å². The van der Waals surface area contributed by atoms with Crippen LogP contribution in [0.15, 0.2) is 17.8 Å². The van der Waals surface area contributed by atoms with Crippen LogP contribution in [0, 0.1) is 6.92 Å². The Balaban J connectivity index is 2.26. The number of benzene rings is 1. The van der Waals surface area contributed by atoms with Crippen molar-refractivity contribution in [1.82, 2.24) is 0 Å². The van der Waals surface area contributed by atoms with Crippen LogP contribution >= 0.6 is 0 Å². The Morgan fingerprint density at radius 3 is 2.52 bits per heavy atom. The van der Waals surface area contributed by atoms with Crippen LogP contribution in [0.4, 0.5) is 0 Å². The van der Waals surface area contributed by atoms with Gasteiger partial charge in [0.05, 0.1) is 17.7 Å². The molecular formula is C17H15NO5. The minimum atomic E-state index is -1.36.